The first-order valence-electron chi connectivity index (χ1n) is 5.18. The highest BCUT2D eigenvalue weighted by molar-refractivity contribution is 5.60. The fourth-order valence-electron chi connectivity index (χ4n) is 1.83. The van der Waals surface area contributed by atoms with E-state index in [0.29, 0.717) is 0 Å². The van der Waals surface area contributed by atoms with Crippen LogP contribution in [0.5, 0.6) is 0 Å². The van der Waals surface area contributed by atoms with E-state index in [1.54, 1.807) is 0 Å². The highest BCUT2D eigenvalue weighted by Crippen LogP contribution is 2.21. The lowest BCUT2D eigenvalue weighted by Gasteiger charge is -2.03. The summed E-state index contributed by atoms with van der Waals surface area (Å²) in [7, 11) is 0. The van der Waals surface area contributed by atoms with E-state index in [1.807, 2.05) is 0 Å². The molecule has 13 heavy (non-hydrogen) atoms. The average Bonchev–Trinajstić information content (AvgIpc) is 2.61. The van der Waals surface area contributed by atoms with Crippen molar-refractivity contribution < 1.29 is 0 Å². The molecule has 0 saturated carbocycles. The summed E-state index contributed by atoms with van der Waals surface area (Å²) in [6.45, 7) is 2.24. The molecule has 68 valence electrons. The number of hydrogen-bond donors (Lipinski definition) is 0. The summed E-state index contributed by atoms with van der Waals surface area (Å²) >= 11 is 0. The van der Waals surface area contributed by atoms with E-state index in [0.717, 1.165) is 6.42 Å². The number of benzene rings is 1. The van der Waals surface area contributed by atoms with Gasteiger partial charge < -0.3 is 0 Å². The quantitative estimate of drug-likeness (QED) is 0.653. The van der Waals surface area contributed by atoms with Crippen LogP contribution in [0.1, 0.15) is 36.5 Å². The van der Waals surface area contributed by atoms with Gasteiger partial charge in [-0.1, -0.05) is 43.7 Å². The van der Waals surface area contributed by atoms with E-state index in [4.69, 9.17) is 0 Å². The van der Waals surface area contributed by atoms with Crippen molar-refractivity contribution in [2.45, 2.75) is 32.6 Å². The third-order valence-electron chi connectivity index (χ3n) is 2.66. The molecule has 0 radical (unpaired) electrons. The Morgan fingerprint density at radius 1 is 1.31 bits per heavy atom. The van der Waals surface area contributed by atoms with E-state index in [9.17, 15) is 0 Å². The molecular weight excluding hydrogens is 156 g/mol. The molecule has 0 aromatic heterocycles. The molecule has 0 saturated heterocycles. The van der Waals surface area contributed by atoms with Crippen LogP contribution >= 0.6 is 0 Å². The van der Waals surface area contributed by atoms with Gasteiger partial charge >= 0.3 is 0 Å². The van der Waals surface area contributed by atoms with Crippen molar-refractivity contribution in [3.8, 4) is 0 Å². The summed E-state index contributed by atoms with van der Waals surface area (Å²) in [5, 5.41) is 0. The van der Waals surface area contributed by atoms with E-state index < -0.39 is 0 Å². The Bertz CT molecular complexity index is 321. The van der Waals surface area contributed by atoms with Gasteiger partial charge in [0.1, 0.15) is 0 Å². The molecule has 0 fully saturated rings. The van der Waals surface area contributed by atoms with Crippen molar-refractivity contribution >= 4 is 6.08 Å². The van der Waals surface area contributed by atoms with Gasteiger partial charge in [-0.25, -0.2) is 0 Å². The third kappa shape index (κ3) is 1.82. The van der Waals surface area contributed by atoms with Gasteiger partial charge in [0.15, 0.2) is 0 Å². The minimum Gasteiger partial charge on any atom is -0.0795 e. The topological polar surface area (TPSA) is 0 Å². The van der Waals surface area contributed by atoms with Gasteiger partial charge in [0.25, 0.3) is 0 Å². The van der Waals surface area contributed by atoms with Gasteiger partial charge in [0.05, 0.1) is 0 Å². The van der Waals surface area contributed by atoms with Crippen LogP contribution < -0.4 is 0 Å². The van der Waals surface area contributed by atoms with Gasteiger partial charge in [-0.15, -0.1) is 0 Å². The Balaban J connectivity index is 2.15. The zero-order valence-electron chi connectivity index (χ0n) is 8.22. The van der Waals surface area contributed by atoms with Gasteiger partial charge in [0, 0.05) is 0 Å². The monoisotopic (exact) mass is 172 g/mol. The average molecular weight is 172 g/mol. The number of aryl methyl sites for hydroxylation is 1. The molecule has 1 aliphatic rings. The van der Waals surface area contributed by atoms with Gasteiger partial charge in [-0.05, 0) is 36.0 Å². The van der Waals surface area contributed by atoms with Crippen LogP contribution in [0.15, 0.2) is 24.3 Å². The molecule has 0 spiro atoms. The molecule has 0 amide bonds. The number of allylic oxidation sites excluding steroid dienone is 1. The van der Waals surface area contributed by atoms with Crippen molar-refractivity contribution in [3.63, 3.8) is 0 Å². The van der Waals surface area contributed by atoms with Crippen LogP contribution in [0.25, 0.3) is 6.08 Å². The molecule has 0 nitrogen and oxygen atoms in total. The number of unbranched alkanes of at least 4 members (excludes halogenated alkanes) is 1. The summed E-state index contributed by atoms with van der Waals surface area (Å²) in [4.78, 5) is 0. The lowest BCUT2D eigenvalue weighted by atomic mass is 10.0. The second-order valence-corrected chi connectivity index (χ2v) is 3.74. The molecule has 0 atom stereocenters. The number of fused-ring (bicyclic) bond motifs is 1. The van der Waals surface area contributed by atoms with Crippen molar-refractivity contribution in [1.82, 2.24) is 0 Å². The molecule has 1 aromatic rings. The van der Waals surface area contributed by atoms with Gasteiger partial charge in [-0.3, -0.25) is 0 Å². The Morgan fingerprint density at radius 2 is 2.23 bits per heavy atom. The standard InChI is InChI=1S/C13H16/c1-2-3-5-11-8-9-12-6-4-7-13(12)10-11/h4,7-10H,2-3,5-6H2,1H3. The molecule has 0 N–H and O–H groups in total. The maximum atomic E-state index is 2.34. The summed E-state index contributed by atoms with van der Waals surface area (Å²) in [5.41, 5.74) is 4.42. The number of rotatable bonds is 3. The third-order valence-corrected chi connectivity index (χ3v) is 2.66. The predicted octanol–water partition coefficient (Wildman–Crippen LogP) is 3.60. The van der Waals surface area contributed by atoms with E-state index >= 15 is 0 Å². The van der Waals surface area contributed by atoms with Crippen molar-refractivity contribution in [2.75, 3.05) is 0 Å². The minimum atomic E-state index is 1.13. The molecule has 1 aromatic carbocycles. The molecule has 0 bridgehead atoms. The first-order valence-corrected chi connectivity index (χ1v) is 5.18. The van der Waals surface area contributed by atoms with Crippen LogP contribution in [0.3, 0.4) is 0 Å². The zero-order valence-corrected chi connectivity index (χ0v) is 8.22. The minimum absolute atomic E-state index is 1.13. The van der Waals surface area contributed by atoms with Crippen LogP contribution in [-0.4, -0.2) is 0 Å². The maximum Gasteiger partial charge on any atom is -0.00882 e. The maximum absolute atomic E-state index is 2.34. The Morgan fingerprint density at radius 3 is 3.08 bits per heavy atom. The van der Waals surface area contributed by atoms with Crippen LogP contribution in [0.2, 0.25) is 0 Å². The molecule has 1 aliphatic carbocycles. The van der Waals surface area contributed by atoms with Gasteiger partial charge in [-0.2, -0.15) is 0 Å². The largest absolute Gasteiger partial charge is 0.0795 e. The highest BCUT2D eigenvalue weighted by Gasteiger charge is 2.04. The fourth-order valence-corrected chi connectivity index (χ4v) is 1.83. The zero-order chi connectivity index (χ0) is 9.10. The molecule has 0 unspecified atom stereocenters. The normalized spacial score (nSPS) is 13.3. The Kier molecular flexibility index (Phi) is 2.49. The van der Waals surface area contributed by atoms with Crippen LogP contribution in [-0.2, 0) is 12.8 Å². The molecule has 0 aliphatic heterocycles. The SMILES string of the molecule is CCCCc1ccc2c(c1)C=CC2. The Hall–Kier alpha value is -1.04. The lowest BCUT2D eigenvalue weighted by molar-refractivity contribution is 0.795. The summed E-state index contributed by atoms with van der Waals surface area (Å²) in [6.07, 6.45) is 9.44. The molecule has 0 heteroatoms. The summed E-state index contributed by atoms with van der Waals surface area (Å²) < 4.78 is 0. The lowest BCUT2D eigenvalue weighted by Crippen LogP contribution is -1.88. The fraction of sp³-hybridized carbons (Fsp3) is 0.385. The van der Waals surface area contributed by atoms with E-state index in [1.165, 1.54) is 36.0 Å². The van der Waals surface area contributed by atoms with Gasteiger partial charge in [0.2, 0.25) is 0 Å². The van der Waals surface area contributed by atoms with Crippen LogP contribution in [0, 0.1) is 0 Å². The highest BCUT2D eigenvalue weighted by atomic mass is 14.1. The van der Waals surface area contributed by atoms with E-state index in [-0.39, 0.29) is 0 Å². The second kappa shape index (κ2) is 3.78. The second-order valence-electron chi connectivity index (χ2n) is 3.74. The van der Waals surface area contributed by atoms with Crippen molar-refractivity contribution in [3.05, 3.63) is 41.0 Å². The summed E-state index contributed by atoms with van der Waals surface area (Å²) in [6, 6.07) is 6.90. The molecule has 2 rings (SSSR count). The predicted molar refractivity (Wildman–Crippen MR) is 57.8 cm³/mol. The number of hydrogen-bond acceptors (Lipinski definition) is 0. The van der Waals surface area contributed by atoms with Crippen LogP contribution in [0.4, 0.5) is 0 Å². The summed E-state index contributed by atoms with van der Waals surface area (Å²) in [5.74, 6) is 0. The molecular formula is C13H16. The Labute approximate surface area is 80.3 Å². The van der Waals surface area contributed by atoms with Crippen molar-refractivity contribution in [2.24, 2.45) is 0 Å². The first-order chi connectivity index (χ1) is 6.40. The van der Waals surface area contributed by atoms with Crippen molar-refractivity contribution in [1.29, 1.82) is 0 Å². The van der Waals surface area contributed by atoms with E-state index in [2.05, 4.69) is 37.3 Å². The smallest absolute Gasteiger partial charge is 0.00882 e. The molecule has 0 heterocycles. The first kappa shape index (κ1) is 8.55.